The number of rotatable bonds is 6. The fourth-order valence-corrected chi connectivity index (χ4v) is 2.70. The number of nitrogens with one attached hydrogen (secondary N) is 1. The number of aromatic nitrogens is 4. The van der Waals surface area contributed by atoms with Crippen LogP contribution in [0, 0.1) is 5.82 Å². The molecule has 0 saturated carbocycles. The molecule has 0 aliphatic carbocycles. The Labute approximate surface area is 137 Å². The summed E-state index contributed by atoms with van der Waals surface area (Å²) in [5, 5.41) is 13.8. The molecule has 2 aromatic carbocycles. The van der Waals surface area contributed by atoms with E-state index in [1.165, 1.54) is 6.07 Å². The predicted octanol–water partition coefficient (Wildman–Crippen LogP) is 2.21. The van der Waals surface area contributed by atoms with Crippen LogP contribution >= 0.6 is 0 Å². The Bertz CT molecular complexity index is 835. The minimum Gasteiger partial charge on any atom is -0.370 e. The van der Waals surface area contributed by atoms with Crippen molar-refractivity contribution in [2.45, 2.75) is 18.8 Å². The van der Waals surface area contributed by atoms with E-state index < -0.39 is 5.91 Å². The van der Waals surface area contributed by atoms with Gasteiger partial charge in [0.25, 0.3) is 0 Å². The van der Waals surface area contributed by atoms with Gasteiger partial charge in [-0.25, -0.2) is 4.39 Å². The van der Waals surface area contributed by atoms with E-state index >= 15 is 0 Å². The minimum atomic E-state index is -0.429. The number of carbonyl (C=O) groups is 1. The van der Waals surface area contributed by atoms with Gasteiger partial charge in [-0.3, -0.25) is 4.79 Å². The van der Waals surface area contributed by atoms with Crippen molar-refractivity contribution in [2.75, 3.05) is 0 Å². The highest BCUT2D eigenvalue weighted by Gasteiger charge is 2.18. The number of H-pyrrole nitrogens is 1. The third kappa shape index (κ3) is 3.62. The Hall–Kier alpha value is -3.09. The maximum Gasteiger partial charge on any atom is 0.218 e. The SMILES string of the molecule is NC(=O)CC(Cc1ccccc1F)c1cccc(-c2nn[nH]n2)c1. The molecule has 1 unspecified atom stereocenters. The first-order valence-electron chi connectivity index (χ1n) is 7.49. The molecule has 0 radical (unpaired) electrons. The number of nitrogens with zero attached hydrogens (tertiary/aromatic N) is 3. The summed E-state index contributed by atoms with van der Waals surface area (Å²) in [5.41, 5.74) is 7.57. The van der Waals surface area contributed by atoms with E-state index in [0.717, 1.165) is 11.1 Å². The maximum atomic E-state index is 14.0. The van der Waals surface area contributed by atoms with Crippen LogP contribution in [0.5, 0.6) is 0 Å². The molecule has 1 amide bonds. The highest BCUT2D eigenvalue weighted by Crippen LogP contribution is 2.28. The molecule has 3 N–H and O–H groups in total. The van der Waals surface area contributed by atoms with Gasteiger partial charge in [0.1, 0.15) is 5.82 Å². The van der Waals surface area contributed by atoms with Gasteiger partial charge in [0.05, 0.1) is 0 Å². The lowest BCUT2D eigenvalue weighted by Crippen LogP contribution is -2.17. The van der Waals surface area contributed by atoms with Crippen LogP contribution in [0.15, 0.2) is 48.5 Å². The standard InChI is InChI=1S/C17H16FN5O/c18-15-7-2-1-4-12(15)9-14(10-16(19)24)11-5-3-6-13(8-11)17-20-22-23-21-17/h1-8,14H,9-10H2,(H2,19,24)(H,20,21,22,23). The summed E-state index contributed by atoms with van der Waals surface area (Å²) in [7, 11) is 0. The van der Waals surface area contributed by atoms with Gasteiger partial charge in [0.15, 0.2) is 0 Å². The summed E-state index contributed by atoms with van der Waals surface area (Å²) >= 11 is 0. The lowest BCUT2D eigenvalue weighted by atomic mass is 9.88. The first kappa shape index (κ1) is 15.8. The zero-order chi connectivity index (χ0) is 16.9. The average molecular weight is 325 g/mol. The van der Waals surface area contributed by atoms with Crippen molar-refractivity contribution < 1.29 is 9.18 Å². The van der Waals surface area contributed by atoms with Crippen LogP contribution in [-0.2, 0) is 11.2 Å². The van der Waals surface area contributed by atoms with Crippen molar-refractivity contribution >= 4 is 5.91 Å². The average Bonchev–Trinajstić information content (AvgIpc) is 3.10. The number of hydrogen-bond acceptors (Lipinski definition) is 4. The van der Waals surface area contributed by atoms with Gasteiger partial charge in [-0.05, 0) is 40.8 Å². The summed E-state index contributed by atoms with van der Waals surface area (Å²) in [5.74, 6) is -0.491. The molecule has 6 nitrogen and oxygen atoms in total. The zero-order valence-electron chi connectivity index (χ0n) is 12.8. The number of carbonyl (C=O) groups excluding carboxylic acids is 1. The van der Waals surface area contributed by atoms with Crippen molar-refractivity contribution in [3.05, 3.63) is 65.5 Å². The van der Waals surface area contributed by atoms with Crippen LogP contribution in [0.25, 0.3) is 11.4 Å². The second-order valence-corrected chi connectivity index (χ2v) is 5.52. The first-order chi connectivity index (χ1) is 11.6. The van der Waals surface area contributed by atoms with Crippen molar-refractivity contribution in [1.29, 1.82) is 0 Å². The van der Waals surface area contributed by atoms with E-state index in [1.807, 2.05) is 24.3 Å². The highest BCUT2D eigenvalue weighted by atomic mass is 19.1. The highest BCUT2D eigenvalue weighted by molar-refractivity contribution is 5.75. The first-order valence-corrected chi connectivity index (χ1v) is 7.49. The third-order valence-corrected chi connectivity index (χ3v) is 3.83. The third-order valence-electron chi connectivity index (χ3n) is 3.83. The molecule has 122 valence electrons. The number of hydrogen-bond donors (Lipinski definition) is 2. The van der Waals surface area contributed by atoms with Gasteiger partial charge in [-0.1, -0.05) is 36.4 Å². The molecule has 0 bridgehead atoms. The number of tetrazole rings is 1. The molecule has 1 heterocycles. The van der Waals surface area contributed by atoms with Crippen LogP contribution in [0.4, 0.5) is 4.39 Å². The Morgan fingerprint density at radius 2 is 2.04 bits per heavy atom. The van der Waals surface area contributed by atoms with Crippen molar-refractivity contribution in [3.8, 4) is 11.4 Å². The van der Waals surface area contributed by atoms with E-state index in [9.17, 15) is 9.18 Å². The van der Waals surface area contributed by atoms with Gasteiger partial charge in [-0.15, -0.1) is 10.2 Å². The number of halogens is 1. The quantitative estimate of drug-likeness (QED) is 0.726. The Morgan fingerprint density at radius 1 is 1.21 bits per heavy atom. The Morgan fingerprint density at radius 3 is 2.75 bits per heavy atom. The second kappa shape index (κ2) is 6.99. The van der Waals surface area contributed by atoms with E-state index in [-0.39, 0.29) is 18.2 Å². The van der Waals surface area contributed by atoms with E-state index in [1.54, 1.807) is 18.2 Å². The molecule has 7 heteroatoms. The normalized spacial score (nSPS) is 12.0. The maximum absolute atomic E-state index is 14.0. The van der Waals surface area contributed by atoms with Crippen LogP contribution in [0.2, 0.25) is 0 Å². The van der Waals surface area contributed by atoms with E-state index in [4.69, 9.17) is 5.73 Å². The Balaban J connectivity index is 1.93. The van der Waals surface area contributed by atoms with Crippen LogP contribution < -0.4 is 5.73 Å². The number of benzene rings is 2. The Kier molecular flexibility index (Phi) is 4.60. The zero-order valence-corrected chi connectivity index (χ0v) is 12.8. The molecule has 1 aromatic heterocycles. The lowest BCUT2D eigenvalue weighted by molar-refractivity contribution is -0.118. The molecule has 1 atom stereocenters. The number of amides is 1. The second-order valence-electron chi connectivity index (χ2n) is 5.52. The summed E-state index contributed by atoms with van der Waals surface area (Å²) in [4.78, 5) is 11.5. The van der Waals surface area contributed by atoms with Gasteiger partial charge in [0.2, 0.25) is 11.7 Å². The van der Waals surface area contributed by atoms with Gasteiger partial charge in [0, 0.05) is 12.0 Å². The summed E-state index contributed by atoms with van der Waals surface area (Å²) < 4.78 is 14.0. The monoisotopic (exact) mass is 325 g/mol. The smallest absolute Gasteiger partial charge is 0.218 e. The van der Waals surface area contributed by atoms with Gasteiger partial charge < -0.3 is 5.73 Å². The summed E-state index contributed by atoms with van der Waals surface area (Å²) in [6.45, 7) is 0. The molecule has 0 aliphatic rings. The van der Waals surface area contributed by atoms with Gasteiger partial charge in [-0.2, -0.15) is 5.21 Å². The lowest BCUT2D eigenvalue weighted by Gasteiger charge is -2.17. The topological polar surface area (TPSA) is 97.5 Å². The van der Waals surface area contributed by atoms with Crippen LogP contribution in [0.3, 0.4) is 0 Å². The van der Waals surface area contributed by atoms with Crippen LogP contribution in [0.1, 0.15) is 23.5 Å². The number of primary amides is 1. The molecular weight excluding hydrogens is 309 g/mol. The largest absolute Gasteiger partial charge is 0.370 e. The fraction of sp³-hybridized carbons (Fsp3) is 0.176. The molecule has 3 rings (SSSR count). The predicted molar refractivity (Wildman–Crippen MR) is 86.3 cm³/mol. The molecule has 3 aromatic rings. The van der Waals surface area contributed by atoms with E-state index in [0.29, 0.717) is 17.8 Å². The molecule has 0 saturated heterocycles. The molecule has 0 fully saturated rings. The molecule has 24 heavy (non-hydrogen) atoms. The van der Waals surface area contributed by atoms with Gasteiger partial charge >= 0.3 is 0 Å². The van der Waals surface area contributed by atoms with Crippen LogP contribution in [-0.4, -0.2) is 26.5 Å². The molecular formula is C17H16FN5O. The van der Waals surface area contributed by atoms with Crippen molar-refractivity contribution in [3.63, 3.8) is 0 Å². The van der Waals surface area contributed by atoms with Crippen molar-refractivity contribution in [1.82, 2.24) is 20.6 Å². The summed E-state index contributed by atoms with van der Waals surface area (Å²) in [6, 6.07) is 14.0. The summed E-state index contributed by atoms with van der Waals surface area (Å²) in [6.07, 6.45) is 0.509. The number of nitrogens with two attached hydrogens (primary N) is 1. The van der Waals surface area contributed by atoms with Crippen molar-refractivity contribution in [2.24, 2.45) is 5.73 Å². The molecule has 0 spiro atoms. The number of aromatic amines is 1. The fourth-order valence-electron chi connectivity index (χ4n) is 2.70. The molecule has 0 aliphatic heterocycles. The minimum absolute atomic E-state index is 0.129. The van der Waals surface area contributed by atoms with E-state index in [2.05, 4.69) is 20.6 Å².